The van der Waals surface area contributed by atoms with E-state index in [2.05, 4.69) is 32.8 Å². The first-order valence-electron chi connectivity index (χ1n) is 7.40. The Morgan fingerprint density at radius 2 is 1.73 bits per heavy atom. The standard InChI is InChI=1S/C16H19N5O/c17-21-14(22)12-10-18-15(19-11-12)20-16(8-4-5-9-16)13-6-2-1-3-7-13/h1-3,6-7,10-11H,4-5,8-9,17H2,(H,21,22)(H,18,19,20). The zero-order chi connectivity index (χ0) is 15.4. The Labute approximate surface area is 129 Å². The number of nitrogens with two attached hydrogens (primary N) is 1. The van der Waals surface area contributed by atoms with Crippen LogP contribution in [0.25, 0.3) is 0 Å². The number of nitrogens with zero attached hydrogens (tertiary/aromatic N) is 2. The van der Waals surface area contributed by atoms with E-state index in [9.17, 15) is 4.79 Å². The predicted molar refractivity (Wildman–Crippen MR) is 83.9 cm³/mol. The lowest BCUT2D eigenvalue weighted by Gasteiger charge is -2.31. The molecular formula is C16H19N5O. The topological polar surface area (TPSA) is 92.9 Å². The van der Waals surface area contributed by atoms with Crippen LogP contribution < -0.4 is 16.6 Å². The molecule has 0 unspecified atom stereocenters. The summed E-state index contributed by atoms with van der Waals surface area (Å²) in [6, 6.07) is 10.4. The number of carbonyl (C=O) groups excluding carboxylic acids is 1. The third kappa shape index (κ3) is 2.78. The Balaban J connectivity index is 1.84. The molecule has 0 spiro atoms. The third-order valence-corrected chi connectivity index (χ3v) is 4.18. The van der Waals surface area contributed by atoms with E-state index in [0.717, 1.165) is 12.8 Å². The Kier molecular flexibility index (Phi) is 4.02. The van der Waals surface area contributed by atoms with E-state index in [0.29, 0.717) is 11.5 Å². The molecule has 0 radical (unpaired) electrons. The van der Waals surface area contributed by atoms with Gasteiger partial charge in [0.25, 0.3) is 5.91 Å². The number of hydrogen-bond acceptors (Lipinski definition) is 5. The highest BCUT2D eigenvalue weighted by Crippen LogP contribution is 2.40. The molecule has 1 aliphatic rings. The lowest BCUT2D eigenvalue weighted by Crippen LogP contribution is -2.33. The highest BCUT2D eigenvalue weighted by Gasteiger charge is 2.36. The zero-order valence-corrected chi connectivity index (χ0v) is 12.2. The highest BCUT2D eigenvalue weighted by molar-refractivity contribution is 5.93. The van der Waals surface area contributed by atoms with Crippen LogP contribution in [-0.4, -0.2) is 15.9 Å². The molecule has 6 heteroatoms. The summed E-state index contributed by atoms with van der Waals surface area (Å²) in [7, 11) is 0. The second kappa shape index (κ2) is 6.11. The Bertz CT molecular complexity index is 635. The fourth-order valence-electron chi connectivity index (χ4n) is 3.03. The quantitative estimate of drug-likeness (QED) is 0.456. The lowest BCUT2D eigenvalue weighted by molar-refractivity contribution is 0.0953. The predicted octanol–water partition coefficient (Wildman–Crippen LogP) is 1.96. The van der Waals surface area contributed by atoms with Crippen LogP contribution in [0.1, 0.15) is 41.6 Å². The SMILES string of the molecule is NNC(=O)c1cnc(NC2(c3ccccc3)CCCC2)nc1. The van der Waals surface area contributed by atoms with Gasteiger partial charge in [-0.05, 0) is 18.4 Å². The molecule has 22 heavy (non-hydrogen) atoms. The molecule has 114 valence electrons. The number of nitrogen functional groups attached to an aromatic ring is 1. The maximum atomic E-state index is 11.4. The van der Waals surface area contributed by atoms with Gasteiger partial charge in [0.05, 0.1) is 11.1 Å². The first kappa shape index (κ1) is 14.5. The van der Waals surface area contributed by atoms with Crippen molar-refractivity contribution >= 4 is 11.9 Å². The smallest absolute Gasteiger partial charge is 0.268 e. The summed E-state index contributed by atoms with van der Waals surface area (Å²) < 4.78 is 0. The van der Waals surface area contributed by atoms with E-state index in [1.165, 1.54) is 30.8 Å². The van der Waals surface area contributed by atoms with Gasteiger partial charge in [0.2, 0.25) is 5.95 Å². The number of amides is 1. The second-order valence-electron chi connectivity index (χ2n) is 5.55. The van der Waals surface area contributed by atoms with Crippen molar-refractivity contribution in [2.45, 2.75) is 31.2 Å². The number of anilines is 1. The van der Waals surface area contributed by atoms with Crippen LogP contribution in [0.4, 0.5) is 5.95 Å². The van der Waals surface area contributed by atoms with Gasteiger partial charge >= 0.3 is 0 Å². The van der Waals surface area contributed by atoms with Gasteiger partial charge in [-0.25, -0.2) is 15.8 Å². The van der Waals surface area contributed by atoms with Crippen molar-refractivity contribution in [3.8, 4) is 0 Å². The maximum Gasteiger partial charge on any atom is 0.268 e. The Morgan fingerprint density at radius 1 is 1.09 bits per heavy atom. The molecule has 1 aliphatic carbocycles. The Morgan fingerprint density at radius 3 is 2.32 bits per heavy atom. The number of nitrogens with one attached hydrogen (secondary N) is 2. The molecular weight excluding hydrogens is 278 g/mol. The molecule has 1 amide bonds. The van der Waals surface area contributed by atoms with Crippen molar-refractivity contribution in [3.63, 3.8) is 0 Å². The van der Waals surface area contributed by atoms with E-state index < -0.39 is 5.91 Å². The minimum absolute atomic E-state index is 0.126. The minimum Gasteiger partial charge on any atom is -0.345 e. The van der Waals surface area contributed by atoms with E-state index >= 15 is 0 Å². The van der Waals surface area contributed by atoms with Crippen molar-refractivity contribution in [1.82, 2.24) is 15.4 Å². The van der Waals surface area contributed by atoms with Crippen molar-refractivity contribution in [2.24, 2.45) is 5.84 Å². The summed E-state index contributed by atoms with van der Waals surface area (Å²) in [4.78, 5) is 19.9. The molecule has 1 aromatic carbocycles. The van der Waals surface area contributed by atoms with Crippen molar-refractivity contribution in [3.05, 3.63) is 53.9 Å². The molecule has 0 atom stereocenters. The van der Waals surface area contributed by atoms with E-state index in [-0.39, 0.29) is 5.54 Å². The van der Waals surface area contributed by atoms with E-state index in [1.807, 2.05) is 18.2 Å². The van der Waals surface area contributed by atoms with Crippen LogP contribution in [0.5, 0.6) is 0 Å². The largest absolute Gasteiger partial charge is 0.345 e. The lowest BCUT2D eigenvalue weighted by atomic mass is 9.88. The van der Waals surface area contributed by atoms with Gasteiger partial charge in [-0.3, -0.25) is 10.2 Å². The average Bonchev–Trinajstić information content (AvgIpc) is 3.05. The second-order valence-corrected chi connectivity index (χ2v) is 5.55. The molecule has 1 heterocycles. The molecule has 1 aromatic heterocycles. The van der Waals surface area contributed by atoms with Crippen molar-refractivity contribution < 1.29 is 4.79 Å². The van der Waals surface area contributed by atoms with Crippen LogP contribution in [0.2, 0.25) is 0 Å². The average molecular weight is 297 g/mol. The number of carbonyl (C=O) groups is 1. The molecule has 4 N–H and O–H groups in total. The molecule has 3 rings (SSSR count). The molecule has 1 saturated carbocycles. The van der Waals surface area contributed by atoms with Gasteiger partial charge in [-0.1, -0.05) is 43.2 Å². The molecule has 0 bridgehead atoms. The van der Waals surface area contributed by atoms with Gasteiger partial charge in [-0.2, -0.15) is 0 Å². The Hall–Kier alpha value is -2.47. The third-order valence-electron chi connectivity index (χ3n) is 4.18. The monoisotopic (exact) mass is 297 g/mol. The summed E-state index contributed by atoms with van der Waals surface area (Å²) in [6.07, 6.45) is 7.40. The number of aromatic nitrogens is 2. The summed E-state index contributed by atoms with van der Waals surface area (Å²) >= 11 is 0. The summed E-state index contributed by atoms with van der Waals surface area (Å²) in [6.45, 7) is 0. The highest BCUT2D eigenvalue weighted by atomic mass is 16.2. The molecule has 6 nitrogen and oxygen atoms in total. The maximum absolute atomic E-state index is 11.4. The van der Waals surface area contributed by atoms with Crippen molar-refractivity contribution in [2.75, 3.05) is 5.32 Å². The van der Waals surface area contributed by atoms with Crippen LogP contribution in [-0.2, 0) is 5.54 Å². The van der Waals surface area contributed by atoms with Crippen LogP contribution >= 0.6 is 0 Å². The minimum atomic E-state index is -0.398. The first-order chi connectivity index (χ1) is 10.7. The fourth-order valence-corrected chi connectivity index (χ4v) is 3.03. The van der Waals surface area contributed by atoms with E-state index in [1.54, 1.807) is 0 Å². The van der Waals surface area contributed by atoms with Gasteiger partial charge in [0.1, 0.15) is 0 Å². The summed E-state index contributed by atoms with van der Waals surface area (Å²) in [5, 5.41) is 3.47. The van der Waals surface area contributed by atoms with Crippen molar-refractivity contribution in [1.29, 1.82) is 0 Å². The fraction of sp³-hybridized carbons (Fsp3) is 0.312. The molecule has 1 fully saturated rings. The summed E-state index contributed by atoms with van der Waals surface area (Å²) in [5.41, 5.74) is 3.53. The van der Waals surface area contributed by atoms with Gasteiger partial charge in [0, 0.05) is 12.4 Å². The number of rotatable bonds is 4. The first-order valence-corrected chi connectivity index (χ1v) is 7.40. The van der Waals surface area contributed by atoms with Gasteiger partial charge in [-0.15, -0.1) is 0 Å². The molecule has 0 aliphatic heterocycles. The van der Waals surface area contributed by atoms with Crippen LogP contribution in [0, 0.1) is 0 Å². The number of hydrogen-bond donors (Lipinski definition) is 3. The van der Waals surface area contributed by atoms with Gasteiger partial charge < -0.3 is 5.32 Å². The molecule has 2 aromatic rings. The number of benzene rings is 1. The van der Waals surface area contributed by atoms with E-state index in [4.69, 9.17) is 5.84 Å². The number of hydrazine groups is 1. The van der Waals surface area contributed by atoms with Crippen LogP contribution in [0.3, 0.4) is 0 Å². The normalized spacial score (nSPS) is 16.2. The zero-order valence-electron chi connectivity index (χ0n) is 12.2. The molecule has 0 saturated heterocycles. The summed E-state index contributed by atoms with van der Waals surface area (Å²) in [5.74, 6) is 5.23. The van der Waals surface area contributed by atoms with Gasteiger partial charge in [0.15, 0.2) is 0 Å². The van der Waals surface area contributed by atoms with Crippen LogP contribution in [0.15, 0.2) is 42.7 Å².